The Labute approximate surface area is 154 Å². The number of carbonyl (C=O) groups is 1. The minimum absolute atomic E-state index is 0.122. The van der Waals surface area contributed by atoms with Gasteiger partial charge in [-0.2, -0.15) is 5.10 Å². The van der Waals surface area contributed by atoms with Crippen LogP contribution < -0.4 is 20.8 Å². The largest absolute Gasteiger partial charge is 0.444 e. The molecule has 1 amide bonds. The molecule has 0 spiro atoms. The van der Waals surface area contributed by atoms with Crippen LogP contribution in [0.15, 0.2) is 12.7 Å². The van der Waals surface area contributed by atoms with E-state index in [0.717, 1.165) is 29.4 Å². The standard InChI is InChI=1S/C19H30N4O3/c1-6-8-15-16(9-7-2)21-22-17(15)23-10-11-25-14(13-23)12-20-18(24)26-19(3,4)5/h6,8-9,14,21H,1,7,10-13H2,2-5H3,(H,20,24)/b15-8+,16-9+. The normalized spacial score (nSPS) is 19.5. The van der Waals surface area contributed by atoms with E-state index in [-0.39, 0.29) is 6.10 Å². The highest BCUT2D eigenvalue weighted by Gasteiger charge is 2.24. The zero-order valence-electron chi connectivity index (χ0n) is 16.2. The van der Waals surface area contributed by atoms with Crippen LogP contribution in [0.2, 0.25) is 0 Å². The lowest BCUT2D eigenvalue weighted by molar-refractivity contribution is 0.0281. The Kier molecular flexibility index (Phi) is 6.85. The molecule has 1 aromatic heterocycles. The first-order valence-electron chi connectivity index (χ1n) is 9.04. The van der Waals surface area contributed by atoms with Gasteiger partial charge in [0, 0.05) is 24.9 Å². The summed E-state index contributed by atoms with van der Waals surface area (Å²) in [6, 6.07) is 0. The van der Waals surface area contributed by atoms with E-state index in [1.807, 2.05) is 26.8 Å². The fourth-order valence-electron chi connectivity index (χ4n) is 2.78. The van der Waals surface area contributed by atoms with Crippen LogP contribution in [-0.2, 0) is 9.47 Å². The number of hydrogen-bond donors (Lipinski definition) is 2. The SMILES string of the molecule is C=C/C=c1/c(N2CCOC(CNC(=O)OC(C)(C)C)C2)n[nH]/c1=C/CC. The molecule has 1 aliphatic heterocycles. The highest BCUT2D eigenvalue weighted by Crippen LogP contribution is 2.11. The molecule has 1 fully saturated rings. The van der Waals surface area contributed by atoms with E-state index in [2.05, 4.69) is 40.0 Å². The van der Waals surface area contributed by atoms with Gasteiger partial charge in [-0.15, -0.1) is 0 Å². The minimum atomic E-state index is -0.514. The monoisotopic (exact) mass is 362 g/mol. The van der Waals surface area contributed by atoms with Gasteiger partial charge in [-0.25, -0.2) is 4.79 Å². The van der Waals surface area contributed by atoms with Crippen LogP contribution >= 0.6 is 0 Å². The first-order valence-corrected chi connectivity index (χ1v) is 9.04. The van der Waals surface area contributed by atoms with Crippen molar-refractivity contribution in [2.75, 3.05) is 31.1 Å². The highest BCUT2D eigenvalue weighted by atomic mass is 16.6. The summed E-state index contributed by atoms with van der Waals surface area (Å²) in [5.41, 5.74) is -0.514. The number of carbonyl (C=O) groups excluding carboxylic acids is 1. The van der Waals surface area contributed by atoms with Gasteiger partial charge in [-0.1, -0.05) is 25.7 Å². The summed E-state index contributed by atoms with van der Waals surface area (Å²) in [6.07, 6.45) is 6.20. The Hall–Kier alpha value is -2.28. The van der Waals surface area contributed by atoms with E-state index >= 15 is 0 Å². The molecule has 1 saturated heterocycles. The second kappa shape index (κ2) is 8.89. The molecule has 0 aromatic carbocycles. The van der Waals surface area contributed by atoms with Crippen LogP contribution in [0.25, 0.3) is 12.2 Å². The minimum Gasteiger partial charge on any atom is -0.444 e. The van der Waals surface area contributed by atoms with Crippen LogP contribution in [0.5, 0.6) is 0 Å². The Morgan fingerprint density at radius 1 is 1.54 bits per heavy atom. The van der Waals surface area contributed by atoms with Gasteiger partial charge in [-0.3, -0.25) is 5.10 Å². The quantitative estimate of drug-likeness (QED) is 0.825. The van der Waals surface area contributed by atoms with E-state index < -0.39 is 11.7 Å². The summed E-state index contributed by atoms with van der Waals surface area (Å²) in [7, 11) is 0. The van der Waals surface area contributed by atoms with Gasteiger partial charge in [0.1, 0.15) is 5.60 Å². The number of amides is 1. The fourth-order valence-corrected chi connectivity index (χ4v) is 2.78. The van der Waals surface area contributed by atoms with Crippen molar-refractivity contribution in [3.63, 3.8) is 0 Å². The number of aromatic amines is 1. The molecule has 1 atom stereocenters. The molecule has 2 N–H and O–H groups in total. The number of allylic oxidation sites excluding steroid dienone is 1. The molecular formula is C19H30N4O3. The average molecular weight is 362 g/mol. The van der Waals surface area contributed by atoms with Gasteiger partial charge in [0.2, 0.25) is 0 Å². The van der Waals surface area contributed by atoms with Gasteiger partial charge in [0.15, 0.2) is 5.82 Å². The number of ether oxygens (including phenoxy) is 2. The summed E-state index contributed by atoms with van der Waals surface area (Å²) in [4.78, 5) is 14.0. The molecule has 2 rings (SSSR count). The van der Waals surface area contributed by atoms with Crippen LogP contribution in [-0.4, -0.2) is 54.2 Å². The number of aromatic nitrogens is 2. The van der Waals surface area contributed by atoms with Crippen LogP contribution in [0, 0.1) is 0 Å². The van der Waals surface area contributed by atoms with Crippen LogP contribution in [0.1, 0.15) is 34.1 Å². The van der Waals surface area contributed by atoms with Gasteiger partial charge < -0.3 is 19.7 Å². The molecular weight excluding hydrogens is 332 g/mol. The van der Waals surface area contributed by atoms with E-state index in [1.165, 1.54) is 0 Å². The number of anilines is 1. The molecule has 7 nitrogen and oxygen atoms in total. The fraction of sp³-hybridized carbons (Fsp3) is 0.579. The van der Waals surface area contributed by atoms with E-state index in [9.17, 15) is 4.79 Å². The number of nitrogens with zero attached hydrogens (tertiary/aromatic N) is 2. The molecule has 1 aromatic rings. The third-order valence-corrected chi connectivity index (χ3v) is 3.82. The van der Waals surface area contributed by atoms with Crippen LogP contribution in [0.3, 0.4) is 0 Å². The highest BCUT2D eigenvalue weighted by molar-refractivity contribution is 5.67. The lowest BCUT2D eigenvalue weighted by atomic mass is 10.2. The first-order chi connectivity index (χ1) is 12.3. The predicted molar refractivity (Wildman–Crippen MR) is 103 cm³/mol. The number of alkyl carbamates (subject to hydrolysis) is 1. The Morgan fingerprint density at radius 3 is 2.96 bits per heavy atom. The molecule has 1 unspecified atom stereocenters. The summed E-state index contributed by atoms with van der Waals surface area (Å²) >= 11 is 0. The summed E-state index contributed by atoms with van der Waals surface area (Å²) in [6.45, 7) is 13.8. The predicted octanol–water partition coefficient (Wildman–Crippen LogP) is 1.30. The summed E-state index contributed by atoms with van der Waals surface area (Å²) in [5.74, 6) is 0.884. The molecule has 0 saturated carbocycles. The van der Waals surface area contributed by atoms with Gasteiger partial charge in [-0.05, 0) is 33.3 Å². The molecule has 26 heavy (non-hydrogen) atoms. The van der Waals surface area contributed by atoms with Crippen molar-refractivity contribution in [3.05, 3.63) is 23.2 Å². The molecule has 0 bridgehead atoms. The average Bonchev–Trinajstić information content (AvgIpc) is 2.95. The lowest BCUT2D eigenvalue weighted by Gasteiger charge is -2.33. The zero-order chi connectivity index (χ0) is 19.2. The second-order valence-corrected chi connectivity index (χ2v) is 7.21. The first kappa shape index (κ1) is 20.0. The van der Waals surface area contributed by atoms with E-state index in [1.54, 1.807) is 6.08 Å². The molecule has 0 radical (unpaired) electrons. The smallest absolute Gasteiger partial charge is 0.407 e. The maximum atomic E-state index is 11.8. The molecule has 7 heteroatoms. The lowest BCUT2D eigenvalue weighted by Crippen LogP contribution is -2.49. The van der Waals surface area contributed by atoms with Crippen molar-refractivity contribution >= 4 is 24.1 Å². The van der Waals surface area contributed by atoms with Crippen molar-refractivity contribution in [1.82, 2.24) is 15.5 Å². The van der Waals surface area contributed by atoms with Crippen LogP contribution in [0.4, 0.5) is 10.6 Å². The zero-order valence-corrected chi connectivity index (χ0v) is 16.2. The van der Waals surface area contributed by atoms with Crippen molar-refractivity contribution in [1.29, 1.82) is 0 Å². The molecule has 2 heterocycles. The van der Waals surface area contributed by atoms with E-state index in [0.29, 0.717) is 19.7 Å². The number of rotatable bonds is 5. The van der Waals surface area contributed by atoms with Crippen molar-refractivity contribution in [2.24, 2.45) is 0 Å². The second-order valence-electron chi connectivity index (χ2n) is 7.21. The third kappa shape index (κ3) is 5.62. The Bertz CT molecular complexity index is 733. The Morgan fingerprint density at radius 2 is 2.31 bits per heavy atom. The molecule has 0 aliphatic carbocycles. The summed E-state index contributed by atoms with van der Waals surface area (Å²) < 4.78 is 11.0. The van der Waals surface area contributed by atoms with Crippen molar-refractivity contribution in [3.8, 4) is 0 Å². The Balaban J connectivity index is 2.05. The number of hydrogen-bond acceptors (Lipinski definition) is 5. The summed E-state index contributed by atoms with van der Waals surface area (Å²) in [5, 5.41) is 12.4. The molecule has 144 valence electrons. The maximum Gasteiger partial charge on any atom is 0.407 e. The van der Waals surface area contributed by atoms with Crippen molar-refractivity contribution < 1.29 is 14.3 Å². The number of H-pyrrole nitrogens is 1. The van der Waals surface area contributed by atoms with Gasteiger partial charge in [0.25, 0.3) is 0 Å². The van der Waals surface area contributed by atoms with Crippen molar-refractivity contribution in [2.45, 2.75) is 45.8 Å². The number of morpholine rings is 1. The molecule has 1 aliphatic rings. The van der Waals surface area contributed by atoms with E-state index in [4.69, 9.17) is 9.47 Å². The third-order valence-electron chi connectivity index (χ3n) is 3.82. The van der Waals surface area contributed by atoms with Gasteiger partial charge >= 0.3 is 6.09 Å². The maximum absolute atomic E-state index is 11.8. The number of nitrogens with one attached hydrogen (secondary N) is 2. The topological polar surface area (TPSA) is 79.5 Å². The van der Waals surface area contributed by atoms with Gasteiger partial charge in [0.05, 0.1) is 18.1 Å².